The minimum atomic E-state index is -3.59. The highest BCUT2D eigenvalue weighted by Crippen LogP contribution is 2.14. The summed E-state index contributed by atoms with van der Waals surface area (Å²) < 4.78 is 31.2. The number of nitrogens with one attached hydrogen (secondary N) is 2. The highest BCUT2D eigenvalue weighted by molar-refractivity contribution is 7.89. The molecular weight excluding hydrogens is 316 g/mol. The van der Waals surface area contributed by atoms with Gasteiger partial charge in [0.2, 0.25) is 10.0 Å². The third kappa shape index (κ3) is 6.76. The molecule has 0 saturated carbocycles. The van der Waals surface area contributed by atoms with Crippen molar-refractivity contribution in [3.8, 4) is 0 Å². The van der Waals surface area contributed by atoms with Gasteiger partial charge in [0.05, 0.1) is 18.0 Å². The second kappa shape index (κ2) is 8.83. The van der Waals surface area contributed by atoms with Gasteiger partial charge in [-0.25, -0.2) is 13.1 Å². The maximum absolute atomic E-state index is 12.0. The lowest BCUT2D eigenvalue weighted by molar-refractivity contribution is 0.204. The molecule has 0 amide bonds. The van der Waals surface area contributed by atoms with Crippen molar-refractivity contribution in [2.24, 2.45) is 10.7 Å². The highest BCUT2D eigenvalue weighted by Gasteiger charge is 2.12. The van der Waals surface area contributed by atoms with Crippen LogP contribution in [0.4, 0.5) is 0 Å². The van der Waals surface area contributed by atoms with Crippen molar-refractivity contribution in [1.29, 1.82) is 0 Å². The van der Waals surface area contributed by atoms with Gasteiger partial charge >= 0.3 is 0 Å². The Labute approximate surface area is 129 Å². The molecule has 0 fully saturated rings. The third-order valence-corrected chi connectivity index (χ3v) is 4.10. The van der Waals surface area contributed by atoms with Crippen LogP contribution in [0.15, 0.2) is 34.2 Å². The molecule has 21 heavy (non-hydrogen) atoms. The van der Waals surface area contributed by atoms with Gasteiger partial charge in [-0.15, -0.1) is 0 Å². The number of benzene rings is 1. The summed E-state index contributed by atoms with van der Waals surface area (Å²) in [5.74, 6) is 0.244. The summed E-state index contributed by atoms with van der Waals surface area (Å²) in [6, 6.07) is 6.04. The Hall–Kier alpha value is -1.35. The lowest BCUT2D eigenvalue weighted by atomic mass is 10.4. The van der Waals surface area contributed by atoms with Crippen LogP contribution in [0.2, 0.25) is 5.02 Å². The quantitative estimate of drug-likeness (QED) is 0.357. The fraction of sp³-hybridized carbons (Fsp3) is 0.417. The van der Waals surface area contributed by atoms with Crippen LogP contribution in [0.1, 0.15) is 0 Å². The molecule has 7 nitrogen and oxygen atoms in total. The van der Waals surface area contributed by atoms with Crippen LogP contribution in [0, 0.1) is 0 Å². The average Bonchev–Trinajstić information content (AvgIpc) is 2.44. The second-order valence-electron chi connectivity index (χ2n) is 4.04. The van der Waals surface area contributed by atoms with E-state index in [9.17, 15) is 8.42 Å². The number of methoxy groups -OCH3 is 1. The molecule has 0 unspecified atom stereocenters. The molecule has 0 aromatic heterocycles. The summed E-state index contributed by atoms with van der Waals surface area (Å²) in [5.41, 5.74) is 5.58. The fourth-order valence-electron chi connectivity index (χ4n) is 1.41. The molecule has 1 aromatic carbocycles. The van der Waals surface area contributed by atoms with Crippen LogP contribution < -0.4 is 15.8 Å². The van der Waals surface area contributed by atoms with E-state index >= 15 is 0 Å². The molecule has 118 valence electrons. The Balaban J connectivity index is 2.43. The van der Waals surface area contributed by atoms with Gasteiger partial charge in [-0.1, -0.05) is 17.7 Å². The molecule has 0 radical (unpaired) electrons. The highest BCUT2D eigenvalue weighted by atomic mass is 35.5. The number of guanidine groups is 1. The zero-order valence-electron chi connectivity index (χ0n) is 11.7. The molecule has 1 aromatic rings. The van der Waals surface area contributed by atoms with Crippen molar-refractivity contribution < 1.29 is 13.2 Å². The Bertz CT molecular complexity index is 578. The molecule has 0 spiro atoms. The summed E-state index contributed by atoms with van der Waals surface area (Å²) in [6.07, 6.45) is 0. The number of nitrogens with zero attached hydrogens (tertiary/aromatic N) is 1. The Morgan fingerprint density at radius 3 is 2.86 bits per heavy atom. The van der Waals surface area contributed by atoms with Gasteiger partial charge in [-0.3, -0.25) is 4.99 Å². The summed E-state index contributed by atoms with van der Waals surface area (Å²) in [6.45, 7) is 1.42. The zero-order chi connectivity index (χ0) is 15.7. The largest absolute Gasteiger partial charge is 0.383 e. The van der Waals surface area contributed by atoms with Crippen LogP contribution in [0.3, 0.4) is 0 Å². The van der Waals surface area contributed by atoms with Gasteiger partial charge in [0.25, 0.3) is 0 Å². The van der Waals surface area contributed by atoms with E-state index in [2.05, 4.69) is 15.0 Å². The standard InChI is InChI=1S/C12H19ClN4O3S/c1-20-8-7-16-12(14)15-5-6-17-21(18,19)11-4-2-3-10(13)9-11/h2-4,9,17H,5-8H2,1H3,(H3,14,15,16). The van der Waals surface area contributed by atoms with Crippen molar-refractivity contribution in [2.75, 3.05) is 33.4 Å². The predicted molar refractivity (Wildman–Crippen MR) is 83.0 cm³/mol. The first kappa shape index (κ1) is 17.7. The monoisotopic (exact) mass is 334 g/mol. The smallest absolute Gasteiger partial charge is 0.240 e. The first-order chi connectivity index (χ1) is 9.95. The van der Waals surface area contributed by atoms with Gasteiger partial charge in [-0.2, -0.15) is 0 Å². The van der Waals surface area contributed by atoms with E-state index in [1.165, 1.54) is 12.1 Å². The molecule has 0 atom stereocenters. The number of sulfonamides is 1. The van der Waals surface area contributed by atoms with Crippen LogP contribution in [0.25, 0.3) is 0 Å². The average molecular weight is 335 g/mol. The molecule has 4 N–H and O–H groups in total. The Kier molecular flexibility index (Phi) is 7.44. The van der Waals surface area contributed by atoms with E-state index in [0.29, 0.717) is 18.2 Å². The van der Waals surface area contributed by atoms with Crippen molar-refractivity contribution in [3.63, 3.8) is 0 Å². The summed E-state index contributed by atoms with van der Waals surface area (Å²) >= 11 is 5.77. The third-order valence-electron chi connectivity index (χ3n) is 2.40. The van der Waals surface area contributed by atoms with Crippen LogP contribution in [-0.2, 0) is 14.8 Å². The van der Waals surface area contributed by atoms with Crippen molar-refractivity contribution >= 4 is 27.6 Å². The number of hydrogen-bond donors (Lipinski definition) is 3. The molecule has 1 rings (SSSR count). The number of rotatable bonds is 8. The maximum atomic E-state index is 12.0. The van der Waals surface area contributed by atoms with E-state index in [1.54, 1.807) is 19.2 Å². The van der Waals surface area contributed by atoms with E-state index < -0.39 is 10.0 Å². The summed E-state index contributed by atoms with van der Waals surface area (Å²) in [7, 11) is -2.00. The number of aliphatic imine (C=N–C) groups is 1. The van der Waals surface area contributed by atoms with Gasteiger partial charge in [0, 0.05) is 25.2 Å². The van der Waals surface area contributed by atoms with Gasteiger partial charge < -0.3 is 15.8 Å². The van der Waals surface area contributed by atoms with Crippen LogP contribution >= 0.6 is 11.6 Å². The summed E-state index contributed by atoms with van der Waals surface area (Å²) in [4.78, 5) is 4.10. The molecule has 0 heterocycles. The van der Waals surface area contributed by atoms with Crippen LogP contribution in [-0.4, -0.2) is 47.7 Å². The lowest BCUT2D eigenvalue weighted by Gasteiger charge is -2.07. The Morgan fingerprint density at radius 1 is 1.43 bits per heavy atom. The van der Waals surface area contributed by atoms with Gasteiger partial charge in [0.15, 0.2) is 5.96 Å². The predicted octanol–water partition coefficient (Wildman–Crippen LogP) is 0.169. The summed E-state index contributed by atoms with van der Waals surface area (Å²) in [5, 5.41) is 3.19. The topological polar surface area (TPSA) is 106 Å². The number of nitrogens with two attached hydrogens (primary N) is 1. The van der Waals surface area contributed by atoms with E-state index in [-0.39, 0.29) is 23.9 Å². The van der Waals surface area contributed by atoms with Crippen molar-refractivity contribution in [1.82, 2.24) is 10.0 Å². The minimum absolute atomic E-state index is 0.116. The Morgan fingerprint density at radius 2 is 2.19 bits per heavy atom. The first-order valence-corrected chi connectivity index (χ1v) is 8.10. The maximum Gasteiger partial charge on any atom is 0.240 e. The molecule has 0 aliphatic carbocycles. The molecule has 0 aliphatic rings. The van der Waals surface area contributed by atoms with Gasteiger partial charge in [0.1, 0.15) is 0 Å². The number of halogens is 1. The van der Waals surface area contributed by atoms with Crippen molar-refractivity contribution in [3.05, 3.63) is 29.3 Å². The SMILES string of the molecule is COCCNC(N)=NCCNS(=O)(=O)c1cccc(Cl)c1. The molecule has 0 saturated heterocycles. The molecule has 0 aliphatic heterocycles. The number of ether oxygens (including phenoxy) is 1. The fourth-order valence-corrected chi connectivity index (χ4v) is 2.73. The minimum Gasteiger partial charge on any atom is -0.383 e. The normalized spacial score (nSPS) is 12.4. The van der Waals surface area contributed by atoms with Crippen LogP contribution in [0.5, 0.6) is 0 Å². The van der Waals surface area contributed by atoms with Crippen molar-refractivity contribution in [2.45, 2.75) is 4.90 Å². The van der Waals surface area contributed by atoms with E-state index in [0.717, 1.165) is 0 Å². The lowest BCUT2D eigenvalue weighted by Crippen LogP contribution is -2.35. The molecule has 9 heteroatoms. The number of hydrogen-bond acceptors (Lipinski definition) is 4. The van der Waals surface area contributed by atoms with E-state index in [1.807, 2.05) is 0 Å². The van der Waals surface area contributed by atoms with E-state index in [4.69, 9.17) is 22.1 Å². The van der Waals surface area contributed by atoms with Gasteiger partial charge in [-0.05, 0) is 18.2 Å². The second-order valence-corrected chi connectivity index (χ2v) is 6.25. The molecule has 0 bridgehead atoms. The first-order valence-electron chi connectivity index (χ1n) is 6.23. The zero-order valence-corrected chi connectivity index (χ0v) is 13.2. The molecular formula is C12H19ClN4O3S.